The Labute approximate surface area is 261 Å². The molecule has 0 saturated carbocycles. The highest BCUT2D eigenvalue weighted by atomic mass is 16.3. The molecule has 0 aliphatic rings. The number of nitrogens with two attached hydrogens (primary N) is 1. The molecule has 0 atom stereocenters. The summed E-state index contributed by atoms with van der Waals surface area (Å²) >= 11 is 0. The first-order valence-corrected chi connectivity index (χ1v) is 15.0. The molecule has 0 spiro atoms. The van der Waals surface area contributed by atoms with E-state index in [4.69, 9.17) is 5.84 Å². The highest BCUT2D eigenvalue weighted by Crippen LogP contribution is 2.36. The minimum atomic E-state index is -1.12. The summed E-state index contributed by atoms with van der Waals surface area (Å²) in [5.74, 6) is 5.83. The van der Waals surface area contributed by atoms with Gasteiger partial charge < -0.3 is 5.11 Å². The Bertz CT molecular complexity index is 1380. The molecule has 2 amide bonds. The summed E-state index contributed by atoms with van der Waals surface area (Å²) in [6, 6.07) is 49.4. The molecule has 0 bridgehead atoms. The minimum absolute atomic E-state index is 0.188. The van der Waals surface area contributed by atoms with Crippen molar-refractivity contribution in [3.63, 3.8) is 0 Å². The zero-order chi connectivity index (χ0) is 31.2. The Morgan fingerprint density at radius 2 is 0.886 bits per heavy atom. The normalized spacial score (nSPS) is 10.9. The molecule has 44 heavy (non-hydrogen) atoms. The molecule has 0 unspecified atom stereocenters. The van der Waals surface area contributed by atoms with Crippen molar-refractivity contribution in [1.29, 1.82) is 0 Å². The lowest BCUT2D eigenvalue weighted by Crippen LogP contribution is -2.53. The fourth-order valence-corrected chi connectivity index (χ4v) is 5.09. The molecule has 6 nitrogen and oxygen atoms in total. The van der Waals surface area contributed by atoms with Crippen molar-refractivity contribution in [2.45, 2.75) is 32.5 Å². The summed E-state index contributed by atoms with van der Waals surface area (Å²) in [6.45, 7) is 6.15. The molecular weight excluding hydrogens is 544 g/mol. The molecule has 0 aliphatic carbocycles. The molecule has 5 aromatic rings. The van der Waals surface area contributed by atoms with Gasteiger partial charge in [0.15, 0.2) is 0 Å². The van der Waals surface area contributed by atoms with Crippen LogP contribution in [0.4, 0.5) is 4.79 Å². The second kappa shape index (κ2) is 16.2. The highest BCUT2D eigenvalue weighted by molar-refractivity contribution is 5.73. The lowest BCUT2D eigenvalue weighted by Gasteiger charge is -2.36. The Morgan fingerprint density at radius 3 is 1.18 bits per heavy atom. The maximum atomic E-state index is 12.6. The molecule has 226 valence electrons. The van der Waals surface area contributed by atoms with Crippen molar-refractivity contribution < 1.29 is 9.90 Å². The number of benzene rings is 5. The quantitative estimate of drug-likeness (QED) is 0.0785. The number of nitrogens with zero attached hydrogens (tertiary/aromatic N) is 3. The summed E-state index contributed by atoms with van der Waals surface area (Å²) in [5, 5.41) is 16.4. The Balaban J connectivity index is 0.000000204. The van der Waals surface area contributed by atoms with E-state index in [1.54, 1.807) is 5.01 Å². The molecule has 0 heterocycles. The first-order chi connectivity index (χ1) is 21.5. The lowest BCUT2D eigenvalue weighted by molar-refractivity contribution is -0.0125. The molecule has 5 rings (SSSR count). The van der Waals surface area contributed by atoms with Gasteiger partial charge in [0.2, 0.25) is 0 Å². The van der Waals surface area contributed by atoms with Gasteiger partial charge in [-0.05, 0) is 41.7 Å². The number of hydrazine groups is 2. The van der Waals surface area contributed by atoms with Crippen molar-refractivity contribution in [3.05, 3.63) is 179 Å². The van der Waals surface area contributed by atoms with Crippen molar-refractivity contribution in [1.82, 2.24) is 15.0 Å². The maximum Gasteiger partial charge on any atom is 0.348 e. The van der Waals surface area contributed by atoms with Gasteiger partial charge in [0, 0.05) is 26.2 Å². The van der Waals surface area contributed by atoms with E-state index >= 15 is 0 Å². The van der Waals surface area contributed by atoms with E-state index in [0.717, 1.165) is 27.8 Å². The van der Waals surface area contributed by atoms with Crippen molar-refractivity contribution in [2.75, 3.05) is 13.1 Å². The van der Waals surface area contributed by atoms with Crippen LogP contribution in [0.15, 0.2) is 152 Å². The van der Waals surface area contributed by atoms with E-state index in [9.17, 15) is 9.90 Å². The number of hydrogen-bond acceptors (Lipinski definition) is 4. The van der Waals surface area contributed by atoms with Crippen LogP contribution in [0.3, 0.4) is 0 Å². The second-order valence-electron chi connectivity index (χ2n) is 10.4. The smallest absolute Gasteiger partial charge is 0.348 e. The summed E-state index contributed by atoms with van der Waals surface area (Å²) in [5.41, 5.74) is 3.80. The van der Waals surface area contributed by atoms with Crippen LogP contribution < -0.4 is 5.84 Å². The molecule has 0 aliphatic heterocycles. The SMILES string of the molecule is CCN(N)C(=O)N(CC)N(Cc1ccccc1)Cc1ccccc1.OC(c1ccccc1)(c1ccccc1)c1ccccc1. The molecule has 0 saturated heterocycles. The van der Waals surface area contributed by atoms with Crippen LogP contribution in [0.5, 0.6) is 0 Å². The van der Waals surface area contributed by atoms with E-state index < -0.39 is 5.60 Å². The fourth-order valence-electron chi connectivity index (χ4n) is 5.09. The van der Waals surface area contributed by atoms with Gasteiger partial charge >= 0.3 is 6.03 Å². The van der Waals surface area contributed by atoms with E-state index in [1.807, 2.05) is 146 Å². The number of urea groups is 1. The first-order valence-electron chi connectivity index (χ1n) is 15.0. The molecule has 0 fully saturated rings. The molecule has 0 radical (unpaired) electrons. The van der Waals surface area contributed by atoms with Crippen molar-refractivity contribution in [2.24, 2.45) is 5.84 Å². The highest BCUT2D eigenvalue weighted by Gasteiger charge is 2.33. The zero-order valence-electron chi connectivity index (χ0n) is 25.5. The van der Waals surface area contributed by atoms with Gasteiger partial charge in [-0.2, -0.15) is 0 Å². The first kappa shape index (κ1) is 32.2. The number of carbonyl (C=O) groups is 1. The molecule has 0 aromatic heterocycles. The van der Waals surface area contributed by atoms with Crippen LogP contribution in [-0.2, 0) is 18.7 Å². The van der Waals surface area contributed by atoms with Crippen LogP contribution in [-0.4, -0.2) is 39.3 Å². The lowest BCUT2D eigenvalue weighted by atomic mass is 9.80. The van der Waals surface area contributed by atoms with Crippen LogP contribution >= 0.6 is 0 Å². The van der Waals surface area contributed by atoms with Gasteiger partial charge in [0.05, 0.1) is 0 Å². The third-order valence-corrected chi connectivity index (χ3v) is 7.44. The largest absolute Gasteiger partial charge is 0.376 e. The average molecular weight is 587 g/mol. The predicted octanol–water partition coefficient (Wildman–Crippen LogP) is 7.21. The molecule has 6 heteroatoms. The standard InChI is InChI=1S/C19H26N4O.C19H16O/c1-3-22(20)19(24)23(4-2)21(15-17-11-7-5-8-12-17)16-18-13-9-6-10-14-18;20-19(16-10-4-1-5-11-16,17-12-6-2-7-13-17)18-14-8-3-9-15-18/h5-14H,3-4,15-16,20H2,1-2H3;1-15,20H. The van der Waals surface area contributed by atoms with Crippen molar-refractivity contribution in [3.8, 4) is 0 Å². The van der Waals surface area contributed by atoms with Gasteiger partial charge in [0.1, 0.15) is 5.60 Å². The summed E-state index contributed by atoms with van der Waals surface area (Å²) in [6.07, 6.45) is 0. The maximum absolute atomic E-state index is 12.6. The minimum Gasteiger partial charge on any atom is -0.376 e. The number of amides is 2. The monoisotopic (exact) mass is 586 g/mol. The molecule has 5 aromatic carbocycles. The van der Waals surface area contributed by atoms with Crippen LogP contribution in [0, 0.1) is 0 Å². The van der Waals surface area contributed by atoms with Crippen molar-refractivity contribution >= 4 is 6.03 Å². The topological polar surface area (TPSA) is 73.0 Å². The third kappa shape index (κ3) is 8.20. The fraction of sp³-hybridized carbons (Fsp3) is 0.184. The second-order valence-corrected chi connectivity index (χ2v) is 10.4. The van der Waals surface area contributed by atoms with E-state index in [1.165, 1.54) is 5.01 Å². The van der Waals surface area contributed by atoms with Crippen LogP contribution in [0.2, 0.25) is 0 Å². The van der Waals surface area contributed by atoms with E-state index in [-0.39, 0.29) is 6.03 Å². The number of hydrogen-bond donors (Lipinski definition) is 2. The number of rotatable bonds is 10. The summed E-state index contributed by atoms with van der Waals surface area (Å²) < 4.78 is 0. The molecular formula is C38H42N4O2. The van der Waals surface area contributed by atoms with E-state index in [0.29, 0.717) is 26.2 Å². The summed E-state index contributed by atoms with van der Waals surface area (Å²) in [4.78, 5) is 12.6. The predicted molar refractivity (Wildman–Crippen MR) is 178 cm³/mol. The van der Waals surface area contributed by atoms with E-state index in [2.05, 4.69) is 24.3 Å². The average Bonchev–Trinajstić information content (AvgIpc) is 3.10. The van der Waals surface area contributed by atoms with Gasteiger partial charge in [-0.3, -0.25) is 10.0 Å². The zero-order valence-corrected chi connectivity index (χ0v) is 25.5. The van der Waals surface area contributed by atoms with Crippen LogP contribution in [0.1, 0.15) is 41.7 Å². The Morgan fingerprint density at radius 1 is 0.568 bits per heavy atom. The molecule has 3 N–H and O–H groups in total. The van der Waals surface area contributed by atoms with Gasteiger partial charge in [-0.1, -0.05) is 152 Å². The number of aliphatic hydroxyl groups is 1. The Kier molecular flexibility index (Phi) is 11.8. The van der Waals surface area contributed by atoms with Crippen LogP contribution in [0.25, 0.3) is 0 Å². The van der Waals surface area contributed by atoms with Gasteiger partial charge in [-0.15, -0.1) is 0 Å². The van der Waals surface area contributed by atoms with Gasteiger partial charge in [-0.25, -0.2) is 15.6 Å². The third-order valence-electron chi connectivity index (χ3n) is 7.44. The van der Waals surface area contributed by atoms with Gasteiger partial charge in [0.25, 0.3) is 0 Å². The number of carbonyl (C=O) groups excluding carboxylic acids is 1. The Hall–Kier alpha value is -4.75. The summed E-state index contributed by atoms with van der Waals surface area (Å²) in [7, 11) is 0.